The van der Waals surface area contributed by atoms with Gasteiger partial charge in [-0.05, 0) is 19.1 Å². The van der Waals surface area contributed by atoms with E-state index in [9.17, 15) is 9.59 Å². The summed E-state index contributed by atoms with van der Waals surface area (Å²) in [5.74, 6) is -0.185. The van der Waals surface area contributed by atoms with E-state index in [-0.39, 0.29) is 11.8 Å². The molecule has 6 nitrogen and oxygen atoms in total. The topological polar surface area (TPSA) is 65.5 Å². The van der Waals surface area contributed by atoms with Crippen molar-refractivity contribution >= 4 is 33.4 Å². The molecule has 0 spiro atoms. The lowest BCUT2D eigenvalue weighted by Gasteiger charge is -2.35. The number of benzene rings is 1. The van der Waals surface area contributed by atoms with E-state index >= 15 is 0 Å². The van der Waals surface area contributed by atoms with Crippen molar-refractivity contribution in [1.29, 1.82) is 0 Å². The van der Waals surface area contributed by atoms with Gasteiger partial charge in [0.25, 0.3) is 0 Å². The molecule has 1 aromatic carbocycles. The van der Waals surface area contributed by atoms with Crippen LogP contribution in [0.3, 0.4) is 0 Å². The van der Waals surface area contributed by atoms with Crippen LogP contribution < -0.4 is 5.32 Å². The van der Waals surface area contributed by atoms with Crippen molar-refractivity contribution in [3.05, 3.63) is 29.3 Å². The molecule has 1 saturated heterocycles. The number of nitrogens with zero attached hydrogens (tertiary/aromatic N) is 3. The molecule has 128 valence electrons. The number of fused-ring (bicyclic) bond motifs is 1. The summed E-state index contributed by atoms with van der Waals surface area (Å²) in [6.07, 6.45) is 0. The highest BCUT2D eigenvalue weighted by Crippen LogP contribution is 2.23. The molecule has 2 aromatic rings. The van der Waals surface area contributed by atoms with Crippen molar-refractivity contribution in [1.82, 2.24) is 20.1 Å². The van der Waals surface area contributed by atoms with Gasteiger partial charge in [0.05, 0.1) is 16.8 Å². The first-order valence-corrected chi connectivity index (χ1v) is 8.97. The van der Waals surface area contributed by atoms with E-state index in [0.717, 1.165) is 30.2 Å². The van der Waals surface area contributed by atoms with Crippen molar-refractivity contribution in [2.75, 3.05) is 26.2 Å². The zero-order valence-electron chi connectivity index (χ0n) is 14.0. The number of amides is 2. The van der Waals surface area contributed by atoms with E-state index in [2.05, 4.69) is 21.3 Å². The molecule has 1 atom stereocenters. The summed E-state index contributed by atoms with van der Waals surface area (Å²) in [7, 11) is 0. The molecule has 0 radical (unpaired) electrons. The van der Waals surface area contributed by atoms with E-state index in [0.29, 0.717) is 13.1 Å². The van der Waals surface area contributed by atoms with Gasteiger partial charge in [-0.15, -0.1) is 11.3 Å². The summed E-state index contributed by atoms with van der Waals surface area (Å²) in [5.41, 5.74) is 1.05. The SMILES string of the molecule is CC(=O)NC(C)C(=O)N1CCN(Cc2nc3ccccc3s2)CC1. The van der Waals surface area contributed by atoms with E-state index < -0.39 is 6.04 Å². The number of carbonyl (C=O) groups excluding carboxylic acids is 2. The second-order valence-electron chi connectivity index (χ2n) is 6.10. The number of piperazine rings is 1. The molecule has 2 heterocycles. The Hall–Kier alpha value is -1.99. The lowest BCUT2D eigenvalue weighted by atomic mass is 10.2. The van der Waals surface area contributed by atoms with Crippen LogP contribution in [0.5, 0.6) is 0 Å². The summed E-state index contributed by atoms with van der Waals surface area (Å²) >= 11 is 1.73. The fraction of sp³-hybridized carbons (Fsp3) is 0.471. The minimum Gasteiger partial charge on any atom is -0.345 e. The fourth-order valence-electron chi connectivity index (χ4n) is 2.95. The molecule has 1 aliphatic heterocycles. The van der Waals surface area contributed by atoms with Crippen LogP contribution >= 0.6 is 11.3 Å². The van der Waals surface area contributed by atoms with Gasteiger partial charge in [0.15, 0.2) is 0 Å². The Kier molecular flexibility index (Phi) is 5.11. The number of aromatic nitrogens is 1. The lowest BCUT2D eigenvalue weighted by Crippen LogP contribution is -2.53. The van der Waals surface area contributed by atoms with Gasteiger partial charge < -0.3 is 10.2 Å². The Morgan fingerprint density at radius 2 is 1.96 bits per heavy atom. The molecule has 1 fully saturated rings. The Bertz CT molecular complexity index is 704. The third-order valence-corrected chi connectivity index (χ3v) is 5.19. The maximum absolute atomic E-state index is 12.3. The van der Waals surface area contributed by atoms with Crippen molar-refractivity contribution in [3.63, 3.8) is 0 Å². The number of rotatable bonds is 4. The van der Waals surface area contributed by atoms with E-state index in [4.69, 9.17) is 0 Å². The fourth-order valence-corrected chi connectivity index (χ4v) is 3.96. The third kappa shape index (κ3) is 3.91. The van der Waals surface area contributed by atoms with Crippen LogP contribution in [0.1, 0.15) is 18.9 Å². The second-order valence-corrected chi connectivity index (χ2v) is 7.21. The van der Waals surface area contributed by atoms with Gasteiger partial charge in [-0.3, -0.25) is 14.5 Å². The summed E-state index contributed by atoms with van der Waals surface area (Å²) in [5, 5.41) is 3.77. The van der Waals surface area contributed by atoms with Gasteiger partial charge in [-0.2, -0.15) is 0 Å². The van der Waals surface area contributed by atoms with Crippen LogP contribution in [0.25, 0.3) is 10.2 Å². The van der Waals surface area contributed by atoms with Crippen LogP contribution in [0.4, 0.5) is 0 Å². The standard InChI is InChI=1S/C17H22N4O2S/c1-12(18-13(2)22)17(23)21-9-7-20(8-10-21)11-16-19-14-5-3-4-6-15(14)24-16/h3-6,12H,7-11H2,1-2H3,(H,18,22). The Balaban J connectivity index is 1.53. The molecule has 0 saturated carbocycles. The first kappa shape index (κ1) is 16.9. The molecule has 1 N–H and O–H groups in total. The first-order valence-electron chi connectivity index (χ1n) is 8.15. The molecular formula is C17H22N4O2S. The van der Waals surface area contributed by atoms with Gasteiger partial charge in [0.1, 0.15) is 11.0 Å². The summed E-state index contributed by atoms with van der Waals surface area (Å²) in [6.45, 7) is 7.02. The molecule has 1 aromatic heterocycles. The molecule has 1 aliphatic rings. The quantitative estimate of drug-likeness (QED) is 0.910. The van der Waals surface area contributed by atoms with Gasteiger partial charge >= 0.3 is 0 Å². The Morgan fingerprint density at radius 1 is 1.25 bits per heavy atom. The largest absolute Gasteiger partial charge is 0.345 e. The van der Waals surface area contributed by atoms with Crippen molar-refractivity contribution in [3.8, 4) is 0 Å². The zero-order chi connectivity index (χ0) is 17.1. The van der Waals surface area contributed by atoms with Crippen molar-refractivity contribution in [2.45, 2.75) is 26.4 Å². The molecular weight excluding hydrogens is 324 g/mol. The van der Waals surface area contributed by atoms with Crippen LogP contribution in [-0.2, 0) is 16.1 Å². The minimum absolute atomic E-state index is 0.00941. The molecule has 2 amide bonds. The average Bonchev–Trinajstić information content (AvgIpc) is 2.96. The van der Waals surface area contributed by atoms with Gasteiger partial charge in [0, 0.05) is 33.1 Å². The van der Waals surface area contributed by atoms with Crippen molar-refractivity contribution in [2.24, 2.45) is 0 Å². The highest BCUT2D eigenvalue weighted by molar-refractivity contribution is 7.18. The predicted molar refractivity (Wildman–Crippen MR) is 94.8 cm³/mol. The van der Waals surface area contributed by atoms with Crippen LogP contribution in [-0.4, -0.2) is 58.8 Å². The maximum atomic E-state index is 12.3. The Labute approximate surface area is 145 Å². The maximum Gasteiger partial charge on any atom is 0.244 e. The van der Waals surface area contributed by atoms with E-state index in [1.54, 1.807) is 18.3 Å². The monoisotopic (exact) mass is 346 g/mol. The van der Waals surface area contributed by atoms with Gasteiger partial charge in [-0.1, -0.05) is 12.1 Å². The Morgan fingerprint density at radius 3 is 2.62 bits per heavy atom. The van der Waals surface area contributed by atoms with Crippen LogP contribution in [0.15, 0.2) is 24.3 Å². The minimum atomic E-state index is -0.460. The van der Waals surface area contributed by atoms with Crippen LogP contribution in [0, 0.1) is 0 Å². The highest BCUT2D eigenvalue weighted by Gasteiger charge is 2.25. The molecule has 3 rings (SSSR count). The molecule has 0 bridgehead atoms. The van der Waals surface area contributed by atoms with Crippen molar-refractivity contribution < 1.29 is 9.59 Å². The number of carbonyl (C=O) groups is 2. The smallest absolute Gasteiger partial charge is 0.244 e. The normalized spacial score (nSPS) is 17.0. The highest BCUT2D eigenvalue weighted by atomic mass is 32.1. The number of hydrogen-bond acceptors (Lipinski definition) is 5. The summed E-state index contributed by atoms with van der Waals surface area (Å²) < 4.78 is 1.21. The third-order valence-electron chi connectivity index (χ3n) is 4.17. The van der Waals surface area contributed by atoms with E-state index in [1.165, 1.54) is 11.6 Å². The second kappa shape index (κ2) is 7.27. The molecule has 0 aliphatic carbocycles. The number of para-hydroxylation sites is 1. The van der Waals surface area contributed by atoms with Gasteiger partial charge in [0.2, 0.25) is 11.8 Å². The van der Waals surface area contributed by atoms with Gasteiger partial charge in [-0.25, -0.2) is 4.98 Å². The average molecular weight is 346 g/mol. The summed E-state index contributed by atoms with van der Waals surface area (Å²) in [4.78, 5) is 32.2. The lowest BCUT2D eigenvalue weighted by molar-refractivity contribution is -0.137. The number of hydrogen-bond donors (Lipinski definition) is 1. The molecule has 7 heteroatoms. The molecule has 24 heavy (non-hydrogen) atoms. The van der Waals surface area contributed by atoms with E-state index in [1.807, 2.05) is 23.1 Å². The number of thiazole rings is 1. The summed E-state index contributed by atoms with van der Waals surface area (Å²) in [6, 6.07) is 7.71. The first-order chi connectivity index (χ1) is 11.5. The predicted octanol–water partition coefficient (Wildman–Crippen LogP) is 1.47. The zero-order valence-corrected chi connectivity index (χ0v) is 14.8. The molecule has 1 unspecified atom stereocenters. The number of nitrogens with one attached hydrogen (secondary N) is 1. The van der Waals surface area contributed by atoms with Crippen LogP contribution in [0.2, 0.25) is 0 Å².